The van der Waals surface area contributed by atoms with Crippen LogP contribution in [0.5, 0.6) is 11.5 Å². The molecule has 1 fully saturated rings. The van der Waals surface area contributed by atoms with Gasteiger partial charge in [-0.3, -0.25) is 14.9 Å². The van der Waals surface area contributed by atoms with E-state index in [0.717, 1.165) is 24.0 Å². The normalized spacial score (nSPS) is 15.3. The summed E-state index contributed by atoms with van der Waals surface area (Å²) in [7, 11) is 3.08. The molecule has 0 bridgehead atoms. The number of carbonyl (C=O) groups is 2. The average Bonchev–Trinajstić information content (AvgIpc) is 2.84. The number of benzene rings is 2. The van der Waals surface area contributed by atoms with Crippen molar-refractivity contribution < 1.29 is 23.8 Å². The summed E-state index contributed by atoms with van der Waals surface area (Å²) >= 11 is 0. The minimum atomic E-state index is -0.772. The Balaban J connectivity index is 1.67. The Labute approximate surface area is 199 Å². The first-order valence-corrected chi connectivity index (χ1v) is 11.2. The molecule has 0 radical (unpaired) electrons. The number of ether oxygens (including phenoxy) is 3. The zero-order chi connectivity index (χ0) is 24.3. The first kappa shape index (κ1) is 25.0. The number of carbonyl (C=O) groups excluding carboxylic acids is 2. The fraction of sp³-hybridized carbons (Fsp3) is 0.400. The second-order valence-electron chi connectivity index (χ2n) is 8.03. The van der Waals surface area contributed by atoms with Crippen molar-refractivity contribution in [2.24, 2.45) is 10.7 Å². The van der Waals surface area contributed by atoms with Gasteiger partial charge >= 0.3 is 0 Å². The molecule has 34 heavy (non-hydrogen) atoms. The van der Waals surface area contributed by atoms with Crippen LogP contribution in [-0.2, 0) is 27.2 Å². The number of rotatable bonds is 9. The van der Waals surface area contributed by atoms with Crippen molar-refractivity contribution in [3.63, 3.8) is 0 Å². The lowest BCUT2D eigenvalue weighted by Gasteiger charge is -2.25. The molecule has 1 atom stereocenters. The molecule has 4 N–H and O–H groups in total. The Hall–Kier alpha value is -3.59. The number of nitrogens with zero attached hydrogens (tertiary/aromatic N) is 1. The number of hydrogen-bond acceptors (Lipinski definition) is 6. The van der Waals surface area contributed by atoms with Gasteiger partial charge < -0.3 is 25.3 Å². The third-order valence-electron chi connectivity index (χ3n) is 5.52. The van der Waals surface area contributed by atoms with Crippen LogP contribution in [0.4, 0.5) is 0 Å². The van der Waals surface area contributed by atoms with Gasteiger partial charge in [-0.25, -0.2) is 4.99 Å². The number of amides is 2. The fourth-order valence-corrected chi connectivity index (χ4v) is 3.74. The summed E-state index contributed by atoms with van der Waals surface area (Å²) in [5, 5.41) is 5.63. The Morgan fingerprint density at radius 3 is 2.44 bits per heavy atom. The van der Waals surface area contributed by atoms with Crippen molar-refractivity contribution in [3.05, 3.63) is 59.7 Å². The lowest BCUT2D eigenvalue weighted by Crippen LogP contribution is -2.46. The van der Waals surface area contributed by atoms with Crippen LogP contribution in [-0.4, -0.2) is 57.3 Å². The van der Waals surface area contributed by atoms with Crippen molar-refractivity contribution >= 4 is 17.8 Å². The molecule has 1 heterocycles. The maximum Gasteiger partial charge on any atom is 0.245 e. The minimum Gasteiger partial charge on any atom is -0.493 e. The van der Waals surface area contributed by atoms with Gasteiger partial charge in [-0.05, 0) is 36.1 Å². The lowest BCUT2D eigenvalue weighted by molar-refractivity contribution is -0.123. The first-order chi connectivity index (χ1) is 16.5. The molecule has 0 aromatic heterocycles. The number of methoxy groups -OCH3 is 2. The van der Waals surface area contributed by atoms with Crippen LogP contribution in [0, 0.1) is 0 Å². The highest BCUT2D eigenvalue weighted by molar-refractivity contribution is 5.98. The molecule has 2 aromatic rings. The maximum atomic E-state index is 13.0. The van der Waals surface area contributed by atoms with Crippen LogP contribution < -0.4 is 25.8 Å². The molecule has 1 unspecified atom stereocenters. The summed E-state index contributed by atoms with van der Waals surface area (Å²) in [6, 6.07) is 14.1. The molecule has 182 valence electrons. The van der Waals surface area contributed by atoms with Gasteiger partial charge in [0.1, 0.15) is 6.04 Å². The van der Waals surface area contributed by atoms with Gasteiger partial charge in [-0.1, -0.05) is 36.4 Å². The minimum absolute atomic E-state index is 0.0376. The van der Waals surface area contributed by atoms with E-state index in [4.69, 9.17) is 19.9 Å². The zero-order valence-electron chi connectivity index (χ0n) is 19.6. The van der Waals surface area contributed by atoms with Crippen LogP contribution in [0.15, 0.2) is 53.5 Å². The van der Waals surface area contributed by atoms with E-state index < -0.39 is 6.04 Å². The van der Waals surface area contributed by atoms with E-state index in [1.54, 1.807) is 25.3 Å². The van der Waals surface area contributed by atoms with Crippen LogP contribution >= 0.6 is 0 Å². The second kappa shape index (κ2) is 12.6. The number of nitrogens with two attached hydrogens (primary N) is 1. The number of nitrogens with one attached hydrogen (secondary N) is 2. The third kappa shape index (κ3) is 7.48. The topological polar surface area (TPSA) is 124 Å². The molecule has 1 aliphatic rings. The summed E-state index contributed by atoms with van der Waals surface area (Å²) < 4.78 is 15.9. The average molecular weight is 469 g/mol. The quantitative estimate of drug-likeness (QED) is 0.379. The van der Waals surface area contributed by atoms with E-state index in [2.05, 4.69) is 15.6 Å². The third-order valence-corrected chi connectivity index (χ3v) is 5.52. The summed E-state index contributed by atoms with van der Waals surface area (Å²) in [6.07, 6.45) is 1.94. The highest BCUT2D eigenvalue weighted by Gasteiger charge is 2.23. The number of aliphatic imine (C=N–C) groups is 1. The Morgan fingerprint density at radius 2 is 1.76 bits per heavy atom. The van der Waals surface area contributed by atoms with Crippen LogP contribution in [0.3, 0.4) is 0 Å². The Morgan fingerprint density at radius 1 is 1.06 bits per heavy atom. The van der Waals surface area contributed by atoms with Gasteiger partial charge in [0, 0.05) is 25.7 Å². The zero-order valence-corrected chi connectivity index (χ0v) is 19.6. The molecule has 0 saturated carbocycles. The predicted molar refractivity (Wildman–Crippen MR) is 129 cm³/mol. The van der Waals surface area contributed by atoms with Gasteiger partial charge in [0.15, 0.2) is 17.5 Å². The summed E-state index contributed by atoms with van der Waals surface area (Å²) in [5.41, 5.74) is 7.70. The molecule has 9 heteroatoms. The summed E-state index contributed by atoms with van der Waals surface area (Å²) in [4.78, 5) is 29.9. The van der Waals surface area contributed by atoms with Crippen LogP contribution in [0.25, 0.3) is 0 Å². The van der Waals surface area contributed by atoms with Gasteiger partial charge in [-0.15, -0.1) is 0 Å². The Bertz CT molecular complexity index is 990. The maximum absolute atomic E-state index is 13.0. The highest BCUT2D eigenvalue weighted by atomic mass is 16.5. The van der Waals surface area contributed by atoms with E-state index in [1.165, 1.54) is 7.11 Å². The van der Waals surface area contributed by atoms with Gasteiger partial charge in [-0.2, -0.15) is 0 Å². The summed E-state index contributed by atoms with van der Waals surface area (Å²) in [6.45, 7) is 1.23. The monoisotopic (exact) mass is 468 g/mol. The van der Waals surface area contributed by atoms with E-state index in [0.29, 0.717) is 31.1 Å². The fourth-order valence-electron chi connectivity index (χ4n) is 3.74. The largest absolute Gasteiger partial charge is 0.493 e. The van der Waals surface area contributed by atoms with Crippen LogP contribution in [0.2, 0.25) is 0 Å². The first-order valence-electron chi connectivity index (χ1n) is 11.2. The van der Waals surface area contributed by atoms with E-state index in [-0.39, 0.29) is 30.2 Å². The molecule has 3 rings (SSSR count). The van der Waals surface area contributed by atoms with E-state index in [1.807, 2.05) is 30.3 Å². The van der Waals surface area contributed by atoms with Crippen molar-refractivity contribution in [2.45, 2.75) is 37.8 Å². The highest BCUT2D eigenvalue weighted by Crippen LogP contribution is 2.27. The smallest absolute Gasteiger partial charge is 0.245 e. The van der Waals surface area contributed by atoms with E-state index >= 15 is 0 Å². The number of hydrogen-bond donors (Lipinski definition) is 3. The van der Waals surface area contributed by atoms with Gasteiger partial charge in [0.25, 0.3) is 0 Å². The van der Waals surface area contributed by atoms with Crippen molar-refractivity contribution in [1.29, 1.82) is 0 Å². The molecule has 2 amide bonds. The number of guanidine groups is 1. The predicted octanol–water partition coefficient (Wildman–Crippen LogP) is 1.58. The lowest BCUT2D eigenvalue weighted by atomic mass is 10.0. The van der Waals surface area contributed by atoms with E-state index in [9.17, 15) is 9.59 Å². The van der Waals surface area contributed by atoms with Crippen molar-refractivity contribution in [2.75, 3.05) is 27.4 Å². The van der Waals surface area contributed by atoms with Crippen LogP contribution in [0.1, 0.15) is 24.0 Å². The van der Waals surface area contributed by atoms with Crippen molar-refractivity contribution in [1.82, 2.24) is 10.6 Å². The molecule has 1 saturated heterocycles. The molecule has 1 aliphatic heterocycles. The van der Waals surface area contributed by atoms with Gasteiger partial charge in [0.2, 0.25) is 11.8 Å². The standard InChI is InChI=1S/C25H32N4O5/c1-32-21-9-8-18(15-22(21)33-2)16-23(30)29-25(26)28-20(14-17-6-4-3-5-7-17)24(31)27-19-10-12-34-13-11-19/h3-9,15,19-20H,10-14,16H2,1-2H3,(H,27,31)(H3,26,28,29,30). The summed E-state index contributed by atoms with van der Waals surface area (Å²) in [5.74, 6) is 0.423. The molecular formula is C25H32N4O5. The van der Waals surface area contributed by atoms with Gasteiger partial charge in [0.05, 0.1) is 20.6 Å². The Kier molecular flexibility index (Phi) is 9.28. The SMILES string of the molecule is COc1ccc(CC(=O)NC(N)=NC(Cc2ccccc2)C(=O)NC2CCOCC2)cc1OC. The molecular weight excluding hydrogens is 436 g/mol. The molecule has 0 aliphatic carbocycles. The molecule has 2 aromatic carbocycles. The molecule has 0 spiro atoms. The second-order valence-corrected chi connectivity index (χ2v) is 8.03. The molecule has 9 nitrogen and oxygen atoms in total. The van der Waals surface area contributed by atoms with Crippen molar-refractivity contribution in [3.8, 4) is 11.5 Å².